The maximum atomic E-state index is 12.0. The summed E-state index contributed by atoms with van der Waals surface area (Å²) in [5, 5.41) is 0. The number of carbonyl (C=O) groups is 1. The summed E-state index contributed by atoms with van der Waals surface area (Å²) in [6.45, 7) is 1.67. The number of likely N-dealkylation sites (N-methyl/N-ethyl adjacent to an activating group) is 1. The molecule has 0 radical (unpaired) electrons. The van der Waals surface area contributed by atoms with Crippen LogP contribution in [0, 0.1) is 0 Å². The molecular weight excluding hydrogens is 226 g/mol. The summed E-state index contributed by atoms with van der Waals surface area (Å²) < 4.78 is 0. The van der Waals surface area contributed by atoms with E-state index in [2.05, 4.69) is 16.9 Å². The van der Waals surface area contributed by atoms with Crippen LogP contribution in [0.3, 0.4) is 0 Å². The highest BCUT2D eigenvalue weighted by atomic mass is 16.2. The van der Waals surface area contributed by atoms with Crippen LogP contribution in [0.4, 0.5) is 11.4 Å². The molecule has 0 unspecified atom stereocenters. The van der Waals surface area contributed by atoms with E-state index in [9.17, 15) is 4.79 Å². The quantitative estimate of drug-likeness (QED) is 0.703. The van der Waals surface area contributed by atoms with Crippen molar-refractivity contribution < 1.29 is 4.79 Å². The Morgan fingerprint density at radius 1 is 1.28 bits per heavy atom. The van der Waals surface area contributed by atoms with Gasteiger partial charge in [0.25, 0.3) is 0 Å². The number of amides is 1. The van der Waals surface area contributed by atoms with E-state index < -0.39 is 0 Å². The van der Waals surface area contributed by atoms with Gasteiger partial charge in [0.2, 0.25) is 5.91 Å². The summed E-state index contributed by atoms with van der Waals surface area (Å²) in [5.74, 6) is 0.146. The molecular formula is C14H19N3O. The van der Waals surface area contributed by atoms with Gasteiger partial charge in [-0.2, -0.15) is 0 Å². The molecule has 0 N–H and O–H groups in total. The van der Waals surface area contributed by atoms with Gasteiger partial charge in [-0.15, -0.1) is 0 Å². The maximum Gasteiger partial charge on any atom is 0.224 e. The predicted octanol–water partition coefficient (Wildman–Crippen LogP) is 2.20. The third kappa shape index (κ3) is 1.59. The second kappa shape index (κ2) is 4.26. The molecule has 1 amide bonds. The number of aromatic nitrogens is 1. The third-order valence-corrected chi connectivity index (χ3v) is 4.28. The lowest BCUT2D eigenvalue weighted by Crippen LogP contribution is -2.57. The number of anilines is 2. The van der Waals surface area contributed by atoms with Crippen LogP contribution in [-0.4, -0.2) is 30.0 Å². The summed E-state index contributed by atoms with van der Waals surface area (Å²) in [4.78, 5) is 20.5. The van der Waals surface area contributed by atoms with E-state index >= 15 is 0 Å². The molecule has 2 heterocycles. The van der Waals surface area contributed by atoms with Gasteiger partial charge in [0, 0.05) is 26.2 Å². The molecule has 0 spiro atoms. The molecule has 0 aromatic carbocycles. The molecule has 2 atom stereocenters. The first-order valence-electron chi connectivity index (χ1n) is 6.67. The minimum Gasteiger partial charge on any atom is -0.367 e. The van der Waals surface area contributed by atoms with Gasteiger partial charge >= 0.3 is 0 Å². The Hall–Kier alpha value is -1.58. The van der Waals surface area contributed by atoms with E-state index in [1.54, 1.807) is 13.1 Å². The molecule has 96 valence electrons. The van der Waals surface area contributed by atoms with Crippen molar-refractivity contribution in [3.63, 3.8) is 0 Å². The molecule has 1 aliphatic carbocycles. The third-order valence-electron chi connectivity index (χ3n) is 4.28. The van der Waals surface area contributed by atoms with Crippen LogP contribution in [0.2, 0.25) is 0 Å². The van der Waals surface area contributed by atoms with Gasteiger partial charge < -0.3 is 9.80 Å². The standard InChI is InChI=1S/C14H19N3O/c1-10(18)17-12-6-4-3-5-11(12)16(2)14-9-15-8-7-13(14)17/h7-9,11-12H,3-6H2,1-2H3/t11-,12+/m1/s1. The molecule has 0 bridgehead atoms. The van der Waals surface area contributed by atoms with Crippen molar-refractivity contribution in [2.75, 3.05) is 16.8 Å². The summed E-state index contributed by atoms with van der Waals surface area (Å²) in [7, 11) is 2.13. The largest absolute Gasteiger partial charge is 0.367 e. The first-order valence-corrected chi connectivity index (χ1v) is 6.67. The zero-order valence-corrected chi connectivity index (χ0v) is 11.0. The van der Waals surface area contributed by atoms with Crippen LogP contribution in [-0.2, 0) is 4.79 Å². The summed E-state index contributed by atoms with van der Waals surface area (Å²) in [6.07, 6.45) is 8.39. The summed E-state index contributed by atoms with van der Waals surface area (Å²) in [6, 6.07) is 2.73. The van der Waals surface area contributed by atoms with Crippen molar-refractivity contribution in [1.29, 1.82) is 0 Å². The summed E-state index contributed by atoms with van der Waals surface area (Å²) >= 11 is 0. The Bertz CT molecular complexity index is 474. The van der Waals surface area contributed by atoms with Crippen molar-refractivity contribution in [1.82, 2.24) is 4.98 Å². The van der Waals surface area contributed by atoms with E-state index in [4.69, 9.17) is 0 Å². The Morgan fingerprint density at radius 2 is 2.00 bits per heavy atom. The fourth-order valence-electron chi connectivity index (χ4n) is 3.46. The molecule has 2 aliphatic rings. The Labute approximate surface area is 108 Å². The fourth-order valence-corrected chi connectivity index (χ4v) is 3.46. The van der Waals surface area contributed by atoms with Gasteiger partial charge in [0.1, 0.15) is 0 Å². The molecule has 4 heteroatoms. The van der Waals surface area contributed by atoms with Gasteiger partial charge in [-0.05, 0) is 18.9 Å². The lowest BCUT2D eigenvalue weighted by Gasteiger charge is -2.49. The highest BCUT2D eigenvalue weighted by molar-refractivity contribution is 5.97. The SMILES string of the molecule is CC(=O)N1c2ccncc2N(C)[C@@H]2CCCC[C@@H]21. The zero-order chi connectivity index (χ0) is 12.7. The van der Waals surface area contributed by atoms with Crippen LogP contribution in [0.15, 0.2) is 18.5 Å². The van der Waals surface area contributed by atoms with Crippen LogP contribution in [0.25, 0.3) is 0 Å². The lowest BCUT2D eigenvalue weighted by molar-refractivity contribution is -0.117. The number of hydrogen-bond donors (Lipinski definition) is 0. The maximum absolute atomic E-state index is 12.0. The zero-order valence-electron chi connectivity index (χ0n) is 11.0. The second-order valence-electron chi connectivity index (χ2n) is 5.28. The molecule has 1 saturated carbocycles. The molecule has 18 heavy (non-hydrogen) atoms. The molecule has 1 aromatic rings. The predicted molar refractivity (Wildman–Crippen MR) is 71.8 cm³/mol. The topological polar surface area (TPSA) is 36.4 Å². The minimum atomic E-state index is 0.146. The van der Waals surface area contributed by atoms with Crippen molar-refractivity contribution >= 4 is 17.3 Å². The molecule has 1 fully saturated rings. The number of rotatable bonds is 0. The molecule has 4 nitrogen and oxygen atoms in total. The smallest absolute Gasteiger partial charge is 0.224 e. The second-order valence-corrected chi connectivity index (χ2v) is 5.28. The summed E-state index contributed by atoms with van der Waals surface area (Å²) in [5.41, 5.74) is 2.10. The first kappa shape index (κ1) is 11.5. The number of nitrogens with zero attached hydrogens (tertiary/aromatic N) is 3. The first-order chi connectivity index (χ1) is 8.70. The number of pyridine rings is 1. The molecule has 1 aromatic heterocycles. The normalized spacial score (nSPS) is 26.6. The van der Waals surface area contributed by atoms with Gasteiger partial charge in [0.05, 0.1) is 23.6 Å². The van der Waals surface area contributed by atoms with Crippen LogP contribution < -0.4 is 9.80 Å². The molecule has 0 saturated heterocycles. The van der Waals surface area contributed by atoms with Crippen molar-refractivity contribution in [3.05, 3.63) is 18.5 Å². The average Bonchev–Trinajstić information content (AvgIpc) is 2.39. The van der Waals surface area contributed by atoms with E-state index in [1.165, 1.54) is 19.3 Å². The molecule has 3 rings (SSSR count). The van der Waals surface area contributed by atoms with Crippen molar-refractivity contribution in [2.45, 2.75) is 44.7 Å². The van der Waals surface area contributed by atoms with E-state index in [0.717, 1.165) is 17.8 Å². The Kier molecular flexibility index (Phi) is 2.73. The fraction of sp³-hybridized carbons (Fsp3) is 0.571. The highest BCUT2D eigenvalue weighted by Gasteiger charge is 2.40. The van der Waals surface area contributed by atoms with Gasteiger partial charge in [-0.25, -0.2) is 0 Å². The highest BCUT2D eigenvalue weighted by Crippen LogP contribution is 2.41. The van der Waals surface area contributed by atoms with Crippen LogP contribution in [0.1, 0.15) is 32.6 Å². The van der Waals surface area contributed by atoms with Crippen LogP contribution >= 0.6 is 0 Å². The number of fused-ring (bicyclic) bond motifs is 2. The monoisotopic (exact) mass is 245 g/mol. The Balaban J connectivity index is 2.11. The minimum absolute atomic E-state index is 0.146. The average molecular weight is 245 g/mol. The number of hydrogen-bond acceptors (Lipinski definition) is 3. The van der Waals surface area contributed by atoms with Crippen molar-refractivity contribution in [3.8, 4) is 0 Å². The lowest BCUT2D eigenvalue weighted by atomic mass is 9.85. The van der Waals surface area contributed by atoms with Gasteiger partial charge in [-0.3, -0.25) is 9.78 Å². The van der Waals surface area contributed by atoms with E-state index in [-0.39, 0.29) is 5.91 Å². The number of carbonyl (C=O) groups excluding carboxylic acids is 1. The molecule has 1 aliphatic heterocycles. The van der Waals surface area contributed by atoms with E-state index in [1.807, 2.05) is 17.2 Å². The van der Waals surface area contributed by atoms with Gasteiger partial charge in [-0.1, -0.05) is 12.8 Å². The Morgan fingerprint density at radius 3 is 2.72 bits per heavy atom. The van der Waals surface area contributed by atoms with Crippen molar-refractivity contribution in [2.24, 2.45) is 0 Å². The van der Waals surface area contributed by atoms with E-state index in [0.29, 0.717) is 12.1 Å². The van der Waals surface area contributed by atoms with Gasteiger partial charge in [0.15, 0.2) is 0 Å². The van der Waals surface area contributed by atoms with Crippen LogP contribution in [0.5, 0.6) is 0 Å².